The Hall–Kier alpha value is -1.79. The molecule has 0 unspecified atom stereocenters. The zero-order chi connectivity index (χ0) is 15.0. The van der Waals surface area contributed by atoms with E-state index >= 15 is 0 Å². The zero-order valence-electron chi connectivity index (χ0n) is 12.0. The van der Waals surface area contributed by atoms with Crippen LogP contribution in [0, 0.1) is 0 Å². The molecular weight excluding hydrogens is 292 g/mol. The largest absolute Gasteiger partial charge is 0.367 e. The molecule has 0 aliphatic carbocycles. The highest BCUT2D eigenvalue weighted by molar-refractivity contribution is 6.30. The Morgan fingerprint density at radius 1 is 1.57 bits per heavy atom. The Morgan fingerprint density at radius 3 is 3.00 bits per heavy atom. The highest BCUT2D eigenvalue weighted by Gasteiger charge is 2.37. The van der Waals surface area contributed by atoms with Crippen molar-refractivity contribution in [3.8, 4) is 0 Å². The number of aromatic amines is 1. The number of morpholine rings is 1. The number of carbonyl (C=O) groups excluding carboxylic acids is 1. The van der Waals surface area contributed by atoms with Gasteiger partial charge in [0.15, 0.2) is 0 Å². The molecule has 6 nitrogen and oxygen atoms in total. The van der Waals surface area contributed by atoms with Gasteiger partial charge in [-0.05, 0) is 13.0 Å². The number of hydrogen-bond donors (Lipinski definition) is 1. The minimum Gasteiger partial charge on any atom is -0.367 e. The molecule has 1 amide bonds. The molecule has 1 aliphatic heterocycles. The SMILES string of the molecule is Cn1cc([C@@]2(C)CN(C(=O)c3cc(Cl)c[nH]3)CCO2)cn1. The number of ether oxygens (including phenoxy) is 1. The second-order valence-corrected chi connectivity index (χ2v) is 5.88. The van der Waals surface area contributed by atoms with Crippen LogP contribution >= 0.6 is 11.6 Å². The van der Waals surface area contributed by atoms with Crippen molar-refractivity contribution in [1.29, 1.82) is 0 Å². The Morgan fingerprint density at radius 2 is 2.38 bits per heavy atom. The average molecular weight is 309 g/mol. The van der Waals surface area contributed by atoms with Gasteiger partial charge < -0.3 is 14.6 Å². The molecule has 1 atom stereocenters. The molecule has 21 heavy (non-hydrogen) atoms. The van der Waals surface area contributed by atoms with Gasteiger partial charge in [0.2, 0.25) is 0 Å². The molecule has 0 spiro atoms. The summed E-state index contributed by atoms with van der Waals surface area (Å²) in [6.45, 7) is 3.51. The van der Waals surface area contributed by atoms with E-state index in [4.69, 9.17) is 16.3 Å². The number of nitrogens with one attached hydrogen (secondary N) is 1. The van der Waals surface area contributed by atoms with Crippen LogP contribution in [0.3, 0.4) is 0 Å². The predicted molar refractivity (Wildman–Crippen MR) is 78.2 cm³/mol. The first-order valence-electron chi connectivity index (χ1n) is 6.74. The number of rotatable bonds is 2. The van der Waals surface area contributed by atoms with Crippen molar-refractivity contribution in [2.75, 3.05) is 19.7 Å². The summed E-state index contributed by atoms with van der Waals surface area (Å²) in [4.78, 5) is 17.2. The van der Waals surface area contributed by atoms with Gasteiger partial charge in [0.1, 0.15) is 11.3 Å². The summed E-state index contributed by atoms with van der Waals surface area (Å²) in [7, 11) is 1.86. The van der Waals surface area contributed by atoms with Gasteiger partial charge in [-0.3, -0.25) is 9.48 Å². The molecule has 1 fully saturated rings. The maximum absolute atomic E-state index is 12.5. The maximum Gasteiger partial charge on any atom is 0.270 e. The van der Waals surface area contributed by atoms with Gasteiger partial charge in [0, 0.05) is 31.5 Å². The molecule has 0 bridgehead atoms. The Labute approximate surface area is 127 Å². The summed E-state index contributed by atoms with van der Waals surface area (Å²) < 4.78 is 7.63. The fraction of sp³-hybridized carbons (Fsp3) is 0.429. The van der Waals surface area contributed by atoms with Gasteiger partial charge in [0.25, 0.3) is 5.91 Å². The number of amides is 1. The smallest absolute Gasteiger partial charge is 0.270 e. The third-order valence-corrected chi connectivity index (χ3v) is 3.97. The summed E-state index contributed by atoms with van der Waals surface area (Å²) in [6, 6.07) is 1.64. The molecule has 7 heteroatoms. The molecule has 3 heterocycles. The minimum atomic E-state index is -0.543. The van der Waals surface area contributed by atoms with Crippen LogP contribution in [0.15, 0.2) is 24.7 Å². The standard InChI is InChI=1S/C14H17ClN4O2/c1-14(10-6-17-18(2)8-10)9-19(3-4-21-14)13(20)12-5-11(15)7-16-12/h5-8,16H,3-4,9H2,1-2H3/t14-/m1/s1. The fourth-order valence-corrected chi connectivity index (χ4v) is 2.74. The summed E-state index contributed by atoms with van der Waals surface area (Å²) in [6.07, 6.45) is 5.30. The van der Waals surface area contributed by atoms with Crippen LogP contribution in [-0.4, -0.2) is 45.3 Å². The number of hydrogen-bond acceptors (Lipinski definition) is 3. The van der Waals surface area contributed by atoms with Gasteiger partial charge in [-0.2, -0.15) is 5.10 Å². The lowest BCUT2D eigenvalue weighted by Crippen LogP contribution is -2.50. The second-order valence-electron chi connectivity index (χ2n) is 5.44. The molecule has 0 aromatic carbocycles. The van der Waals surface area contributed by atoms with Crippen LogP contribution in [0.2, 0.25) is 5.02 Å². The van der Waals surface area contributed by atoms with E-state index in [1.54, 1.807) is 28.0 Å². The monoisotopic (exact) mass is 308 g/mol. The lowest BCUT2D eigenvalue weighted by atomic mass is 9.97. The lowest BCUT2D eigenvalue weighted by molar-refractivity contribution is -0.0931. The molecule has 0 saturated carbocycles. The molecule has 2 aromatic rings. The van der Waals surface area contributed by atoms with Gasteiger partial charge >= 0.3 is 0 Å². The summed E-state index contributed by atoms with van der Waals surface area (Å²) >= 11 is 5.86. The van der Waals surface area contributed by atoms with Crippen LogP contribution < -0.4 is 0 Å². The van der Waals surface area contributed by atoms with Crippen LogP contribution in [0.1, 0.15) is 23.0 Å². The van der Waals surface area contributed by atoms with Crippen molar-refractivity contribution < 1.29 is 9.53 Å². The summed E-state index contributed by atoms with van der Waals surface area (Å²) in [5.74, 6) is -0.0692. The Kier molecular flexibility index (Phi) is 3.51. The molecule has 1 N–H and O–H groups in total. The Balaban J connectivity index is 1.81. The second kappa shape index (κ2) is 5.20. The van der Waals surface area contributed by atoms with E-state index in [0.717, 1.165) is 5.56 Å². The topological polar surface area (TPSA) is 63.2 Å². The number of H-pyrrole nitrogens is 1. The average Bonchev–Trinajstić information content (AvgIpc) is 3.07. The first kappa shape index (κ1) is 14.2. The van der Waals surface area contributed by atoms with Crippen molar-refractivity contribution in [2.45, 2.75) is 12.5 Å². The first-order chi connectivity index (χ1) is 9.98. The van der Waals surface area contributed by atoms with E-state index in [1.165, 1.54) is 0 Å². The quantitative estimate of drug-likeness (QED) is 0.920. The van der Waals surface area contributed by atoms with E-state index < -0.39 is 5.60 Å². The number of nitrogens with zero attached hydrogens (tertiary/aromatic N) is 3. The van der Waals surface area contributed by atoms with Gasteiger partial charge in [0.05, 0.1) is 24.4 Å². The molecule has 3 rings (SSSR count). The molecule has 2 aromatic heterocycles. The number of aromatic nitrogens is 3. The fourth-order valence-electron chi connectivity index (χ4n) is 2.57. The summed E-state index contributed by atoms with van der Waals surface area (Å²) in [5.41, 5.74) is 0.918. The number of halogens is 1. The van der Waals surface area contributed by atoms with E-state index in [2.05, 4.69) is 10.1 Å². The maximum atomic E-state index is 12.5. The third kappa shape index (κ3) is 2.69. The molecule has 112 valence electrons. The van der Waals surface area contributed by atoms with Crippen LogP contribution in [-0.2, 0) is 17.4 Å². The van der Waals surface area contributed by atoms with E-state index in [9.17, 15) is 4.79 Å². The van der Waals surface area contributed by atoms with Crippen molar-refractivity contribution in [2.24, 2.45) is 7.05 Å². The highest BCUT2D eigenvalue weighted by atomic mass is 35.5. The number of carbonyl (C=O) groups is 1. The van der Waals surface area contributed by atoms with Gasteiger partial charge in [-0.15, -0.1) is 0 Å². The van der Waals surface area contributed by atoms with E-state index in [0.29, 0.717) is 30.4 Å². The number of aryl methyl sites for hydroxylation is 1. The van der Waals surface area contributed by atoms with Crippen molar-refractivity contribution in [3.63, 3.8) is 0 Å². The van der Waals surface area contributed by atoms with Gasteiger partial charge in [-0.25, -0.2) is 0 Å². The van der Waals surface area contributed by atoms with Crippen LogP contribution in [0.25, 0.3) is 0 Å². The van der Waals surface area contributed by atoms with E-state index in [-0.39, 0.29) is 5.91 Å². The molecule has 0 radical (unpaired) electrons. The normalized spacial score (nSPS) is 22.5. The Bertz CT molecular complexity index is 665. The predicted octanol–water partition coefficient (Wildman–Crippen LogP) is 1.79. The van der Waals surface area contributed by atoms with Crippen LogP contribution in [0.5, 0.6) is 0 Å². The molecule has 1 aliphatic rings. The molecular formula is C14H17ClN4O2. The minimum absolute atomic E-state index is 0.0692. The third-order valence-electron chi connectivity index (χ3n) is 3.76. The first-order valence-corrected chi connectivity index (χ1v) is 7.12. The van der Waals surface area contributed by atoms with Crippen molar-refractivity contribution >= 4 is 17.5 Å². The van der Waals surface area contributed by atoms with Gasteiger partial charge in [-0.1, -0.05) is 11.6 Å². The van der Waals surface area contributed by atoms with Crippen molar-refractivity contribution in [3.05, 3.63) is 40.9 Å². The summed E-state index contributed by atoms with van der Waals surface area (Å²) in [5, 5.41) is 4.71. The highest BCUT2D eigenvalue weighted by Crippen LogP contribution is 2.29. The zero-order valence-corrected chi connectivity index (χ0v) is 12.7. The van der Waals surface area contributed by atoms with E-state index in [1.807, 2.05) is 20.2 Å². The van der Waals surface area contributed by atoms with Crippen LogP contribution in [0.4, 0.5) is 0 Å². The molecule has 1 saturated heterocycles. The lowest BCUT2D eigenvalue weighted by Gasteiger charge is -2.39. The van der Waals surface area contributed by atoms with Crippen molar-refractivity contribution in [1.82, 2.24) is 19.7 Å².